The highest BCUT2D eigenvalue weighted by Gasteiger charge is 2.10. The van der Waals surface area contributed by atoms with Crippen LogP contribution in [0.4, 0.5) is 0 Å². The molecule has 0 aliphatic rings. The smallest absolute Gasteiger partial charge is 0.0799 e. The molecule has 2 nitrogen and oxygen atoms in total. The summed E-state index contributed by atoms with van der Waals surface area (Å²) in [6, 6.07) is 6.39. The minimum absolute atomic E-state index is 0.612. The molecule has 0 aliphatic carbocycles. The van der Waals surface area contributed by atoms with E-state index in [1.54, 1.807) is 6.92 Å². The summed E-state index contributed by atoms with van der Waals surface area (Å²) >= 11 is 0. The first-order valence-electron chi connectivity index (χ1n) is 5.42. The number of rotatable bonds is 4. The monoisotopic (exact) mass is 208 g/mol. The molecule has 84 valence electrons. The molecule has 2 unspecified atom stereocenters. The van der Waals surface area contributed by atoms with Gasteiger partial charge in [-0.05, 0) is 39.2 Å². The Hall–Kier alpha value is -0.860. The highest BCUT2D eigenvalue weighted by Crippen LogP contribution is 2.12. The van der Waals surface area contributed by atoms with Gasteiger partial charge in [0, 0.05) is 0 Å². The van der Waals surface area contributed by atoms with E-state index in [9.17, 15) is 5.11 Å². The molecule has 0 aliphatic heterocycles. The molecule has 0 amide bonds. The summed E-state index contributed by atoms with van der Waals surface area (Å²) in [5.41, 5.74) is 3.72. The maximum absolute atomic E-state index is 9.48. The molecule has 0 saturated carbocycles. The van der Waals surface area contributed by atoms with Crippen molar-refractivity contribution in [2.75, 3.05) is 0 Å². The second-order valence-corrected chi connectivity index (χ2v) is 4.34. The van der Waals surface area contributed by atoms with E-state index in [0.29, 0.717) is 6.42 Å². The molecule has 15 heavy (non-hydrogen) atoms. The molecule has 0 fully saturated rings. The number of hydrogen-bond donors (Lipinski definition) is 2. The molecular formula is C13H20O2. The van der Waals surface area contributed by atoms with Crippen molar-refractivity contribution in [1.82, 2.24) is 0 Å². The molecule has 0 saturated heterocycles. The van der Waals surface area contributed by atoms with Gasteiger partial charge < -0.3 is 10.2 Å². The van der Waals surface area contributed by atoms with Crippen LogP contribution in [-0.2, 0) is 6.42 Å². The zero-order valence-corrected chi connectivity index (χ0v) is 9.70. The van der Waals surface area contributed by atoms with E-state index in [2.05, 4.69) is 32.0 Å². The lowest BCUT2D eigenvalue weighted by Crippen LogP contribution is -2.22. The number of aryl methyl sites for hydroxylation is 3. The quantitative estimate of drug-likeness (QED) is 0.794. The average Bonchev–Trinajstić information content (AvgIpc) is 2.12. The fraction of sp³-hybridized carbons (Fsp3) is 0.538. The Bertz CT molecular complexity index is 298. The Labute approximate surface area is 91.6 Å². The van der Waals surface area contributed by atoms with Gasteiger partial charge in [0.25, 0.3) is 0 Å². The third kappa shape index (κ3) is 4.02. The lowest BCUT2D eigenvalue weighted by Gasteiger charge is -2.13. The average molecular weight is 208 g/mol. The SMILES string of the molecule is Cc1cc(C)cc(CCC(O)C(C)O)c1. The van der Waals surface area contributed by atoms with E-state index in [1.165, 1.54) is 16.7 Å². The summed E-state index contributed by atoms with van der Waals surface area (Å²) in [5, 5.41) is 18.6. The Kier molecular flexibility index (Phi) is 4.30. The molecule has 0 bridgehead atoms. The van der Waals surface area contributed by atoms with Crippen molar-refractivity contribution in [3.05, 3.63) is 34.9 Å². The molecule has 0 heterocycles. The first-order chi connectivity index (χ1) is 6.99. The zero-order valence-electron chi connectivity index (χ0n) is 9.70. The first-order valence-corrected chi connectivity index (χ1v) is 5.42. The van der Waals surface area contributed by atoms with E-state index < -0.39 is 12.2 Å². The number of hydrogen-bond acceptors (Lipinski definition) is 2. The van der Waals surface area contributed by atoms with Crippen LogP contribution < -0.4 is 0 Å². The predicted molar refractivity (Wildman–Crippen MR) is 61.9 cm³/mol. The van der Waals surface area contributed by atoms with Gasteiger partial charge in [-0.25, -0.2) is 0 Å². The van der Waals surface area contributed by atoms with Crippen LogP contribution in [0.3, 0.4) is 0 Å². The van der Waals surface area contributed by atoms with Gasteiger partial charge in [0.2, 0.25) is 0 Å². The fourth-order valence-electron chi connectivity index (χ4n) is 1.77. The van der Waals surface area contributed by atoms with Crippen LogP contribution >= 0.6 is 0 Å². The van der Waals surface area contributed by atoms with Crippen LogP contribution in [0.25, 0.3) is 0 Å². The minimum Gasteiger partial charge on any atom is -0.391 e. The molecule has 1 rings (SSSR count). The normalized spacial score (nSPS) is 15.0. The second-order valence-electron chi connectivity index (χ2n) is 4.34. The summed E-state index contributed by atoms with van der Waals surface area (Å²) in [6.07, 6.45) is 0.163. The molecule has 0 aromatic heterocycles. The van der Waals surface area contributed by atoms with Crippen LogP contribution in [0.15, 0.2) is 18.2 Å². The summed E-state index contributed by atoms with van der Waals surface area (Å²) in [6.45, 7) is 5.76. The number of aliphatic hydroxyl groups excluding tert-OH is 2. The number of aliphatic hydroxyl groups is 2. The van der Waals surface area contributed by atoms with Gasteiger partial charge in [0.05, 0.1) is 12.2 Å². The molecular weight excluding hydrogens is 188 g/mol. The van der Waals surface area contributed by atoms with E-state index in [4.69, 9.17) is 5.11 Å². The Morgan fingerprint density at radius 3 is 2.07 bits per heavy atom. The van der Waals surface area contributed by atoms with E-state index >= 15 is 0 Å². The third-order valence-corrected chi connectivity index (χ3v) is 2.57. The van der Waals surface area contributed by atoms with Crippen molar-refractivity contribution >= 4 is 0 Å². The molecule has 1 aromatic carbocycles. The lowest BCUT2D eigenvalue weighted by atomic mass is 10.0. The van der Waals surface area contributed by atoms with Crippen molar-refractivity contribution < 1.29 is 10.2 Å². The van der Waals surface area contributed by atoms with Crippen molar-refractivity contribution in [1.29, 1.82) is 0 Å². The predicted octanol–water partition coefficient (Wildman–Crippen LogP) is 1.98. The topological polar surface area (TPSA) is 40.5 Å². The van der Waals surface area contributed by atoms with Crippen LogP contribution in [0.1, 0.15) is 30.0 Å². The van der Waals surface area contributed by atoms with Gasteiger partial charge >= 0.3 is 0 Å². The van der Waals surface area contributed by atoms with E-state index in [0.717, 1.165) is 6.42 Å². The molecule has 2 atom stereocenters. The Morgan fingerprint density at radius 2 is 1.60 bits per heavy atom. The van der Waals surface area contributed by atoms with Gasteiger partial charge in [0.15, 0.2) is 0 Å². The Balaban J connectivity index is 2.57. The minimum atomic E-state index is -0.643. The standard InChI is InChI=1S/C13H20O2/c1-9-6-10(2)8-12(7-9)4-5-13(15)11(3)14/h6-8,11,13-15H,4-5H2,1-3H3. The molecule has 2 N–H and O–H groups in total. The molecule has 0 radical (unpaired) electrons. The van der Waals surface area contributed by atoms with Crippen LogP contribution in [0, 0.1) is 13.8 Å². The highest BCUT2D eigenvalue weighted by atomic mass is 16.3. The maximum atomic E-state index is 9.48. The van der Waals surface area contributed by atoms with Gasteiger partial charge in [-0.2, -0.15) is 0 Å². The highest BCUT2D eigenvalue weighted by molar-refractivity contribution is 5.28. The second kappa shape index (κ2) is 5.29. The van der Waals surface area contributed by atoms with E-state index in [-0.39, 0.29) is 0 Å². The molecule has 2 heteroatoms. The maximum Gasteiger partial charge on any atom is 0.0799 e. The van der Waals surface area contributed by atoms with Crippen molar-refractivity contribution in [2.24, 2.45) is 0 Å². The first kappa shape index (κ1) is 12.2. The molecule has 0 spiro atoms. The largest absolute Gasteiger partial charge is 0.391 e. The van der Waals surface area contributed by atoms with E-state index in [1.807, 2.05) is 0 Å². The van der Waals surface area contributed by atoms with Gasteiger partial charge in [-0.3, -0.25) is 0 Å². The van der Waals surface area contributed by atoms with Gasteiger partial charge in [-0.15, -0.1) is 0 Å². The van der Waals surface area contributed by atoms with Gasteiger partial charge in [0.1, 0.15) is 0 Å². The van der Waals surface area contributed by atoms with Crippen LogP contribution in [0.5, 0.6) is 0 Å². The van der Waals surface area contributed by atoms with Crippen molar-refractivity contribution in [2.45, 2.75) is 45.8 Å². The summed E-state index contributed by atoms with van der Waals surface area (Å²) in [7, 11) is 0. The van der Waals surface area contributed by atoms with Crippen molar-refractivity contribution in [3.63, 3.8) is 0 Å². The van der Waals surface area contributed by atoms with Crippen LogP contribution in [0.2, 0.25) is 0 Å². The Morgan fingerprint density at radius 1 is 1.07 bits per heavy atom. The lowest BCUT2D eigenvalue weighted by molar-refractivity contribution is 0.0265. The summed E-state index contributed by atoms with van der Waals surface area (Å²) in [5.74, 6) is 0. The van der Waals surface area contributed by atoms with Gasteiger partial charge in [-0.1, -0.05) is 29.3 Å². The zero-order chi connectivity index (χ0) is 11.4. The molecule has 1 aromatic rings. The van der Waals surface area contributed by atoms with Crippen LogP contribution in [-0.4, -0.2) is 22.4 Å². The number of benzene rings is 1. The fourth-order valence-corrected chi connectivity index (χ4v) is 1.77. The third-order valence-electron chi connectivity index (χ3n) is 2.57. The summed E-state index contributed by atoms with van der Waals surface area (Å²) < 4.78 is 0. The van der Waals surface area contributed by atoms with Crippen molar-refractivity contribution in [3.8, 4) is 0 Å². The summed E-state index contributed by atoms with van der Waals surface area (Å²) in [4.78, 5) is 0.